The number of nitrogens with zero attached hydrogens (tertiary/aromatic N) is 1. The third-order valence-corrected chi connectivity index (χ3v) is 1.61. The standard InChI is InChI=1S/C9H15N3O2/c1-7(2)10-5-3-9(13)11-8-4-6-14-12-8/h4,6-7,10H,3,5H2,1-2H3,(H,11,12,13). The van der Waals surface area contributed by atoms with Gasteiger partial charge >= 0.3 is 0 Å². The minimum absolute atomic E-state index is 0.0629. The molecule has 0 fully saturated rings. The zero-order valence-corrected chi connectivity index (χ0v) is 8.41. The van der Waals surface area contributed by atoms with Crippen LogP contribution in [0.3, 0.4) is 0 Å². The van der Waals surface area contributed by atoms with Gasteiger partial charge in [0.05, 0.1) is 0 Å². The van der Waals surface area contributed by atoms with E-state index in [-0.39, 0.29) is 5.91 Å². The van der Waals surface area contributed by atoms with Gasteiger partial charge in [-0.25, -0.2) is 0 Å². The molecule has 1 aromatic rings. The van der Waals surface area contributed by atoms with Crippen molar-refractivity contribution in [2.45, 2.75) is 26.3 Å². The molecule has 1 heterocycles. The van der Waals surface area contributed by atoms with Gasteiger partial charge < -0.3 is 15.2 Å². The van der Waals surface area contributed by atoms with Crippen molar-refractivity contribution in [3.8, 4) is 0 Å². The molecule has 14 heavy (non-hydrogen) atoms. The highest BCUT2D eigenvalue weighted by atomic mass is 16.5. The number of rotatable bonds is 5. The predicted octanol–water partition coefficient (Wildman–Crippen LogP) is 1.00. The molecule has 0 aliphatic rings. The summed E-state index contributed by atoms with van der Waals surface area (Å²) in [7, 11) is 0. The average molecular weight is 197 g/mol. The van der Waals surface area contributed by atoms with Gasteiger partial charge in [0.2, 0.25) is 5.91 Å². The Hall–Kier alpha value is -1.36. The first kappa shape index (κ1) is 10.7. The molecule has 0 saturated heterocycles. The second kappa shape index (κ2) is 5.39. The van der Waals surface area contributed by atoms with E-state index in [9.17, 15) is 4.79 Å². The van der Waals surface area contributed by atoms with Crippen molar-refractivity contribution in [3.63, 3.8) is 0 Å². The van der Waals surface area contributed by atoms with E-state index in [0.717, 1.165) is 0 Å². The lowest BCUT2D eigenvalue weighted by atomic mass is 10.3. The molecule has 5 heteroatoms. The highest BCUT2D eigenvalue weighted by Crippen LogP contribution is 2.00. The van der Waals surface area contributed by atoms with Crippen LogP contribution < -0.4 is 10.6 Å². The fourth-order valence-corrected chi connectivity index (χ4v) is 0.957. The van der Waals surface area contributed by atoms with Crippen LogP contribution in [-0.2, 0) is 4.79 Å². The van der Waals surface area contributed by atoms with Crippen LogP contribution >= 0.6 is 0 Å². The third-order valence-electron chi connectivity index (χ3n) is 1.61. The van der Waals surface area contributed by atoms with Gasteiger partial charge in [-0.1, -0.05) is 19.0 Å². The molecule has 0 aliphatic carbocycles. The molecule has 1 amide bonds. The molecular weight excluding hydrogens is 182 g/mol. The lowest BCUT2D eigenvalue weighted by molar-refractivity contribution is -0.116. The van der Waals surface area contributed by atoms with E-state index < -0.39 is 0 Å². The SMILES string of the molecule is CC(C)NCCC(=O)Nc1ccon1. The van der Waals surface area contributed by atoms with Gasteiger partial charge in [-0.3, -0.25) is 4.79 Å². The van der Waals surface area contributed by atoms with E-state index in [4.69, 9.17) is 0 Å². The largest absolute Gasteiger partial charge is 0.363 e. The highest BCUT2D eigenvalue weighted by Gasteiger charge is 2.03. The van der Waals surface area contributed by atoms with Crippen LogP contribution in [-0.4, -0.2) is 23.7 Å². The van der Waals surface area contributed by atoms with Crippen LogP contribution in [0, 0.1) is 0 Å². The maximum absolute atomic E-state index is 11.3. The van der Waals surface area contributed by atoms with Crippen LogP contribution in [0.5, 0.6) is 0 Å². The summed E-state index contributed by atoms with van der Waals surface area (Å²) in [4.78, 5) is 11.3. The lowest BCUT2D eigenvalue weighted by Crippen LogP contribution is -2.27. The van der Waals surface area contributed by atoms with Gasteiger partial charge in [0.15, 0.2) is 5.82 Å². The van der Waals surface area contributed by atoms with Gasteiger partial charge in [0, 0.05) is 25.1 Å². The fraction of sp³-hybridized carbons (Fsp3) is 0.556. The number of hydrogen-bond acceptors (Lipinski definition) is 4. The van der Waals surface area contributed by atoms with Gasteiger partial charge in [0.25, 0.3) is 0 Å². The van der Waals surface area contributed by atoms with Crippen molar-refractivity contribution in [1.29, 1.82) is 0 Å². The molecule has 78 valence electrons. The molecule has 5 nitrogen and oxygen atoms in total. The summed E-state index contributed by atoms with van der Waals surface area (Å²) in [5.74, 6) is 0.395. The van der Waals surface area contributed by atoms with E-state index in [2.05, 4.69) is 20.3 Å². The molecule has 0 unspecified atom stereocenters. The zero-order chi connectivity index (χ0) is 10.4. The van der Waals surface area contributed by atoms with Gasteiger partial charge in [0.1, 0.15) is 6.26 Å². The Morgan fingerprint density at radius 3 is 3.00 bits per heavy atom. The number of aromatic nitrogens is 1. The molecule has 0 bridgehead atoms. The molecule has 0 spiro atoms. The fourth-order valence-electron chi connectivity index (χ4n) is 0.957. The first-order valence-corrected chi connectivity index (χ1v) is 4.62. The van der Waals surface area contributed by atoms with E-state index in [0.29, 0.717) is 24.8 Å². The molecular formula is C9H15N3O2. The van der Waals surface area contributed by atoms with Crippen molar-refractivity contribution in [3.05, 3.63) is 12.3 Å². The second-order valence-corrected chi connectivity index (χ2v) is 3.29. The summed E-state index contributed by atoms with van der Waals surface area (Å²) < 4.78 is 4.58. The Labute approximate surface area is 82.8 Å². The second-order valence-electron chi connectivity index (χ2n) is 3.29. The van der Waals surface area contributed by atoms with Gasteiger partial charge in [-0.05, 0) is 0 Å². The number of anilines is 1. The van der Waals surface area contributed by atoms with Gasteiger partial charge in [-0.15, -0.1) is 0 Å². The Morgan fingerprint density at radius 2 is 2.43 bits per heavy atom. The van der Waals surface area contributed by atoms with Crippen molar-refractivity contribution in [1.82, 2.24) is 10.5 Å². The minimum atomic E-state index is -0.0629. The van der Waals surface area contributed by atoms with Crippen LogP contribution in [0.4, 0.5) is 5.82 Å². The first-order valence-electron chi connectivity index (χ1n) is 4.62. The monoisotopic (exact) mass is 197 g/mol. The summed E-state index contributed by atoms with van der Waals surface area (Å²) in [5, 5.41) is 9.34. The molecule has 2 N–H and O–H groups in total. The lowest BCUT2D eigenvalue weighted by Gasteiger charge is -2.06. The number of amides is 1. The summed E-state index contributed by atoms with van der Waals surface area (Å²) in [6, 6.07) is 2.00. The summed E-state index contributed by atoms with van der Waals surface area (Å²) in [6.45, 7) is 4.74. The van der Waals surface area contributed by atoms with Crippen LogP contribution in [0.15, 0.2) is 16.9 Å². The molecule has 0 aliphatic heterocycles. The maximum atomic E-state index is 11.3. The Kier molecular flexibility index (Phi) is 4.12. The van der Waals surface area contributed by atoms with E-state index in [1.165, 1.54) is 6.26 Å². The third kappa shape index (κ3) is 4.04. The van der Waals surface area contributed by atoms with E-state index >= 15 is 0 Å². The molecule has 0 atom stereocenters. The van der Waals surface area contributed by atoms with Crippen LogP contribution in [0.1, 0.15) is 20.3 Å². The first-order chi connectivity index (χ1) is 6.68. The average Bonchev–Trinajstić information content (AvgIpc) is 2.56. The Morgan fingerprint density at radius 1 is 1.64 bits per heavy atom. The van der Waals surface area contributed by atoms with Crippen molar-refractivity contribution < 1.29 is 9.32 Å². The smallest absolute Gasteiger partial charge is 0.226 e. The van der Waals surface area contributed by atoms with Gasteiger partial charge in [-0.2, -0.15) is 0 Å². The zero-order valence-electron chi connectivity index (χ0n) is 8.41. The van der Waals surface area contributed by atoms with Crippen LogP contribution in [0.2, 0.25) is 0 Å². The molecule has 0 radical (unpaired) electrons. The quantitative estimate of drug-likeness (QED) is 0.739. The summed E-state index contributed by atoms with van der Waals surface area (Å²) in [5.41, 5.74) is 0. The number of nitrogens with one attached hydrogen (secondary N) is 2. The number of carbonyl (C=O) groups excluding carboxylic acids is 1. The predicted molar refractivity (Wildman–Crippen MR) is 52.9 cm³/mol. The van der Waals surface area contributed by atoms with E-state index in [1.807, 2.05) is 13.8 Å². The molecule has 1 aromatic heterocycles. The van der Waals surface area contributed by atoms with Crippen LogP contribution in [0.25, 0.3) is 0 Å². The number of hydrogen-bond donors (Lipinski definition) is 2. The van der Waals surface area contributed by atoms with Crippen molar-refractivity contribution in [2.75, 3.05) is 11.9 Å². The van der Waals surface area contributed by atoms with Crippen molar-refractivity contribution in [2.24, 2.45) is 0 Å². The maximum Gasteiger partial charge on any atom is 0.226 e. The Bertz CT molecular complexity index is 270. The summed E-state index contributed by atoms with van der Waals surface area (Å²) >= 11 is 0. The molecule has 0 saturated carbocycles. The normalized spacial score (nSPS) is 10.5. The Balaban J connectivity index is 2.17. The number of carbonyl (C=O) groups is 1. The molecule has 1 rings (SSSR count). The topological polar surface area (TPSA) is 67.2 Å². The van der Waals surface area contributed by atoms with Crippen molar-refractivity contribution >= 4 is 11.7 Å². The van der Waals surface area contributed by atoms with E-state index in [1.54, 1.807) is 6.07 Å². The summed E-state index contributed by atoms with van der Waals surface area (Å²) in [6.07, 6.45) is 1.85. The molecule has 0 aromatic carbocycles. The highest BCUT2D eigenvalue weighted by molar-refractivity contribution is 5.89. The minimum Gasteiger partial charge on any atom is -0.363 e.